The minimum atomic E-state index is -4.97. The Bertz CT molecular complexity index is 2010. The van der Waals surface area contributed by atoms with Gasteiger partial charge in [-0.2, -0.15) is 0 Å². The van der Waals surface area contributed by atoms with Crippen molar-refractivity contribution in [2.45, 2.75) is 490 Å². The molecule has 0 heterocycles. The van der Waals surface area contributed by atoms with Crippen LogP contribution in [0.1, 0.15) is 471 Å². The molecule has 5 atom stereocenters. The van der Waals surface area contributed by atoms with Crippen LogP contribution in [0.15, 0.2) is 0 Å². The number of phosphoric acid groups is 2. The second kappa shape index (κ2) is 79.7. The molecule has 0 saturated carbocycles. The Labute approximate surface area is 651 Å². The Morgan fingerprint density at radius 2 is 0.434 bits per heavy atom. The first-order valence-corrected chi connectivity index (χ1v) is 48.1. The fourth-order valence-corrected chi connectivity index (χ4v) is 15.2. The van der Waals surface area contributed by atoms with Gasteiger partial charge in [0.25, 0.3) is 0 Å². The van der Waals surface area contributed by atoms with Crippen LogP contribution in [0.2, 0.25) is 0 Å². The SMILES string of the molecule is CCCCCCCCCCCCCCCCCCCCCCCC(=O)O[C@H](COC(=O)CCCCCCCCCCCCCCCCCC(C)C)COP(=O)(O)OC[C@@H](O)COP(=O)(O)OC[C@@H](COC(=O)CCCCCCCCCCC)OC(=O)CCCCCCCCCCCCCCCCCCCC. The highest BCUT2D eigenvalue weighted by Gasteiger charge is 2.30. The van der Waals surface area contributed by atoms with E-state index in [1.165, 1.54) is 295 Å². The lowest BCUT2D eigenvalue weighted by Gasteiger charge is -2.21. The zero-order valence-electron chi connectivity index (χ0n) is 69.6. The van der Waals surface area contributed by atoms with Crippen molar-refractivity contribution >= 4 is 39.5 Å². The Balaban J connectivity index is 5.20. The van der Waals surface area contributed by atoms with Gasteiger partial charge >= 0.3 is 39.5 Å². The van der Waals surface area contributed by atoms with Gasteiger partial charge in [-0.1, -0.05) is 420 Å². The molecule has 0 fully saturated rings. The predicted molar refractivity (Wildman–Crippen MR) is 437 cm³/mol. The van der Waals surface area contributed by atoms with Gasteiger partial charge in [-0.05, 0) is 31.6 Å². The van der Waals surface area contributed by atoms with Crippen LogP contribution in [-0.4, -0.2) is 96.7 Å². The number of phosphoric ester groups is 2. The van der Waals surface area contributed by atoms with Crippen LogP contribution >= 0.6 is 15.6 Å². The minimum Gasteiger partial charge on any atom is -0.462 e. The molecule has 2 unspecified atom stereocenters. The molecule has 0 radical (unpaired) electrons. The molecule has 3 N–H and O–H groups in total. The van der Waals surface area contributed by atoms with Crippen molar-refractivity contribution in [1.29, 1.82) is 0 Å². The van der Waals surface area contributed by atoms with Gasteiger partial charge in [0.05, 0.1) is 26.4 Å². The van der Waals surface area contributed by atoms with Gasteiger partial charge in [0.15, 0.2) is 12.2 Å². The lowest BCUT2D eigenvalue weighted by molar-refractivity contribution is -0.161. The maximum absolute atomic E-state index is 13.1. The van der Waals surface area contributed by atoms with Crippen LogP contribution in [0, 0.1) is 5.92 Å². The second-order valence-electron chi connectivity index (χ2n) is 31.8. The first kappa shape index (κ1) is 104. The Hall–Kier alpha value is -1.94. The van der Waals surface area contributed by atoms with E-state index in [-0.39, 0.29) is 25.7 Å². The molecule has 0 aromatic heterocycles. The van der Waals surface area contributed by atoms with E-state index < -0.39 is 97.5 Å². The molecule has 0 bridgehead atoms. The molecular formula is C87H170O17P2. The molecule has 17 nitrogen and oxygen atoms in total. The van der Waals surface area contributed by atoms with Crippen molar-refractivity contribution in [1.82, 2.24) is 0 Å². The summed E-state index contributed by atoms with van der Waals surface area (Å²) in [5, 5.41) is 10.7. The topological polar surface area (TPSA) is 237 Å². The maximum Gasteiger partial charge on any atom is 0.472 e. The third kappa shape index (κ3) is 80.1. The molecule has 0 spiro atoms. The first-order chi connectivity index (χ1) is 51.5. The van der Waals surface area contributed by atoms with E-state index in [0.29, 0.717) is 25.7 Å². The van der Waals surface area contributed by atoms with E-state index in [4.69, 9.17) is 37.0 Å². The zero-order valence-corrected chi connectivity index (χ0v) is 71.4. The largest absolute Gasteiger partial charge is 0.472 e. The summed E-state index contributed by atoms with van der Waals surface area (Å²) < 4.78 is 68.9. The number of hydrogen-bond donors (Lipinski definition) is 3. The van der Waals surface area contributed by atoms with Gasteiger partial charge in [-0.3, -0.25) is 37.3 Å². The van der Waals surface area contributed by atoms with E-state index in [1.54, 1.807) is 0 Å². The summed E-state index contributed by atoms with van der Waals surface area (Å²) >= 11 is 0. The smallest absolute Gasteiger partial charge is 0.462 e. The quantitative estimate of drug-likeness (QED) is 0.0222. The van der Waals surface area contributed by atoms with Crippen LogP contribution in [0.3, 0.4) is 0 Å². The third-order valence-electron chi connectivity index (χ3n) is 20.5. The van der Waals surface area contributed by atoms with Crippen molar-refractivity contribution in [3.63, 3.8) is 0 Å². The van der Waals surface area contributed by atoms with Crippen molar-refractivity contribution in [3.05, 3.63) is 0 Å². The van der Waals surface area contributed by atoms with Crippen LogP contribution in [0.5, 0.6) is 0 Å². The van der Waals surface area contributed by atoms with E-state index in [0.717, 1.165) is 95.8 Å². The minimum absolute atomic E-state index is 0.109. The van der Waals surface area contributed by atoms with Crippen molar-refractivity contribution in [2.24, 2.45) is 5.92 Å². The molecule has 0 aliphatic heterocycles. The van der Waals surface area contributed by atoms with Crippen molar-refractivity contribution < 1.29 is 80.2 Å². The average Bonchev–Trinajstić information content (AvgIpc) is 0.902. The number of ether oxygens (including phenoxy) is 4. The number of aliphatic hydroxyl groups is 1. The summed E-state index contributed by atoms with van der Waals surface area (Å²) in [7, 11) is -9.93. The third-order valence-corrected chi connectivity index (χ3v) is 22.4. The normalized spacial score (nSPS) is 13.7. The number of rotatable bonds is 87. The maximum atomic E-state index is 13.1. The summed E-state index contributed by atoms with van der Waals surface area (Å²) in [5.41, 5.74) is 0. The number of esters is 4. The van der Waals surface area contributed by atoms with Crippen LogP contribution < -0.4 is 0 Å². The van der Waals surface area contributed by atoms with Crippen molar-refractivity contribution in [2.75, 3.05) is 39.6 Å². The molecule has 0 aliphatic rings. The summed E-state index contributed by atoms with van der Waals surface area (Å²) in [6, 6.07) is 0. The summed E-state index contributed by atoms with van der Waals surface area (Å²) in [5.74, 6) is -1.29. The number of unbranched alkanes of at least 4 members (excludes halogenated alkanes) is 59. The van der Waals surface area contributed by atoms with E-state index in [2.05, 4.69) is 34.6 Å². The molecule has 0 rings (SSSR count). The summed E-state index contributed by atoms with van der Waals surface area (Å²) in [6.45, 7) is 7.38. The number of aliphatic hydroxyl groups excluding tert-OH is 1. The van der Waals surface area contributed by atoms with Gasteiger partial charge in [0.1, 0.15) is 19.3 Å². The average molecular weight is 1550 g/mol. The van der Waals surface area contributed by atoms with Crippen LogP contribution in [0.25, 0.3) is 0 Å². The number of hydrogen-bond acceptors (Lipinski definition) is 15. The molecule has 630 valence electrons. The predicted octanol–water partition coefficient (Wildman–Crippen LogP) is 26.8. The molecule has 0 amide bonds. The Morgan fingerprint density at radius 3 is 0.642 bits per heavy atom. The first-order valence-electron chi connectivity index (χ1n) is 45.1. The van der Waals surface area contributed by atoms with Crippen molar-refractivity contribution in [3.8, 4) is 0 Å². The Morgan fingerprint density at radius 1 is 0.255 bits per heavy atom. The monoisotopic (exact) mass is 1550 g/mol. The van der Waals surface area contributed by atoms with Crippen LogP contribution in [-0.2, 0) is 65.4 Å². The van der Waals surface area contributed by atoms with E-state index >= 15 is 0 Å². The summed E-state index contributed by atoms with van der Waals surface area (Å²) in [6.07, 6.45) is 73.7. The number of carbonyl (C=O) groups excluding carboxylic acids is 4. The lowest BCUT2D eigenvalue weighted by Crippen LogP contribution is -2.30. The second-order valence-corrected chi connectivity index (χ2v) is 34.7. The van der Waals surface area contributed by atoms with Gasteiger partial charge < -0.3 is 33.8 Å². The highest BCUT2D eigenvalue weighted by atomic mass is 31.2. The molecule has 106 heavy (non-hydrogen) atoms. The lowest BCUT2D eigenvalue weighted by atomic mass is 10.0. The molecule has 19 heteroatoms. The van der Waals surface area contributed by atoms with Crippen LogP contribution in [0.4, 0.5) is 0 Å². The fraction of sp³-hybridized carbons (Fsp3) is 0.954. The highest BCUT2D eigenvalue weighted by molar-refractivity contribution is 7.47. The molecule has 0 aliphatic carbocycles. The van der Waals surface area contributed by atoms with E-state index in [1.807, 2.05) is 0 Å². The Kier molecular flexibility index (Phi) is 78.2. The summed E-state index contributed by atoms with van der Waals surface area (Å²) in [4.78, 5) is 73.2. The zero-order chi connectivity index (χ0) is 77.6. The van der Waals surface area contributed by atoms with Gasteiger partial charge in [-0.25, -0.2) is 9.13 Å². The number of carbonyl (C=O) groups is 4. The van der Waals surface area contributed by atoms with Gasteiger partial charge in [0.2, 0.25) is 0 Å². The molecular weight excluding hydrogens is 1380 g/mol. The molecule has 0 aromatic carbocycles. The van der Waals surface area contributed by atoms with Gasteiger partial charge in [0, 0.05) is 25.7 Å². The standard InChI is InChI=1S/C87H170O17P2/c1-6-9-12-15-18-21-23-25-27-29-31-32-33-35-39-44-48-53-58-63-68-73-87(92)104-83(77-98-85(90)71-66-61-56-51-46-42-40-36-37-41-45-50-54-59-64-69-80(4)5)79-102-106(95,96)100-75-81(88)74-99-105(93,94)101-78-82(76-97-84(89)70-65-60-55-49-20-17-14-11-8-3)103-86(91)72-67-62-57-52-47-43-38-34-30-28-26-24-22-19-16-13-10-7-2/h80-83,88H,6-79H2,1-5H3,(H,93,94)(H,95,96)/t81-,82+,83+/m0/s1. The molecule has 0 aromatic rings. The molecule has 0 saturated heterocycles. The fourth-order valence-electron chi connectivity index (χ4n) is 13.6. The highest BCUT2D eigenvalue weighted by Crippen LogP contribution is 2.45. The van der Waals surface area contributed by atoms with Gasteiger partial charge in [-0.15, -0.1) is 0 Å². The van der Waals surface area contributed by atoms with E-state index in [9.17, 15) is 43.2 Å².